The molecule has 106 valence electrons. The van der Waals surface area contributed by atoms with Crippen molar-refractivity contribution in [3.8, 4) is 0 Å². The van der Waals surface area contributed by atoms with Crippen molar-refractivity contribution in [1.82, 2.24) is 0 Å². The van der Waals surface area contributed by atoms with Gasteiger partial charge in [0.1, 0.15) is 0 Å². The zero-order chi connectivity index (χ0) is 13.5. The Morgan fingerprint density at radius 3 is 2.26 bits per heavy atom. The topological polar surface area (TPSA) is 26.0 Å². The number of anilines is 1. The van der Waals surface area contributed by atoms with Gasteiger partial charge < -0.3 is 5.73 Å². The molecule has 1 aromatic rings. The summed E-state index contributed by atoms with van der Waals surface area (Å²) in [7, 11) is 0. The minimum Gasteiger partial charge on any atom is -0.399 e. The van der Waals surface area contributed by atoms with Crippen molar-refractivity contribution in [2.24, 2.45) is 5.92 Å². The largest absolute Gasteiger partial charge is 0.399 e. The smallest absolute Gasteiger partial charge is 0.0314 e. The minimum atomic E-state index is 0.785. The zero-order valence-corrected chi connectivity index (χ0v) is 12.4. The Kier molecular flexibility index (Phi) is 5.75. The van der Waals surface area contributed by atoms with Gasteiger partial charge in [-0.3, -0.25) is 0 Å². The van der Waals surface area contributed by atoms with E-state index in [0.717, 1.165) is 17.5 Å². The van der Waals surface area contributed by atoms with E-state index in [1.807, 2.05) is 12.1 Å². The van der Waals surface area contributed by atoms with Crippen molar-refractivity contribution in [3.63, 3.8) is 0 Å². The van der Waals surface area contributed by atoms with Gasteiger partial charge in [-0.25, -0.2) is 0 Å². The molecule has 1 aliphatic rings. The quantitative estimate of drug-likeness (QED) is 0.529. The summed E-state index contributed by atoms with van der Waals surface area (Å²) in [5.41, 5.74) is 8.14. The number of benzene rings is 1. The highest BCUT2D eigenvalue weighted by atomic mass is 14.5. The van der Waals surface area contributed by atoms with Crippen LogP contribution in [-0.2, 0) is 0 Å². The Morgan fingerprint density at radius 2 is 1.63 bits per heavy atom. The number of hydrogen-bond donors (Lipinski definition) is 1. The maximum atomic E-state index is 5.76. The van der Waals surface area contributed by atoms with E-state index < -0.39 is 0 Å². The number of nitrogens with two attached hydrogens (primary N) is 1. The summed E-state index contributed by atoms with van der Waals surface area (Å²) in [6.45, 7) is 2.29. The molecular formula is C18H29N. The molecule has 19 heavy (non-hydrogen) atoms. The Bertz CT molecular complexity index is 346. The highest BCUT2D eigenvalue weighted by Gasteiger charge is 2.21. The molecule has 0 heterocycles. The summed E-state index contributed by atoms with van der Waals surface area (Å²) >= 11 is 0. The maximum Gasteiger partial charge on any atom is 0.0314 e. The molecule has 0 aliphatic heterocycles. The Balaban J connectivity index is 1.71. The second-order valence-electron chi connectivity index (χ2n) is 6.23. The van der Waals surface area contributed by atoms with E-state index in [0.29, 0.717) is 0 Å². The second-order valence-corrected chi connectivity index (χ2v) is 6.23. The molecule has 0 bridgehead atoms. The van der Waals surface area contributed by atoms with E-state index in [2.05, 4.69) is 19.1 Å². The molecule has 1 fully saturated rings. The van der Waals surface area contributed by atoms with Crippen LogP contribution in [0.15, 0.2) is 24.3 Å². The van der Waals surface area contributed by atoms with E-state index in [1.165, 1.54) is 63.4 Å². The van der Waals surface area contributed by atoms with Crippen LogP contribution < -0.4 is 5.73 Å². The first-order valence-electron chi connectivity index (χ1n) is 8.15. The monoisotopic (exact) mass is 259 g/mol. The lowest BCUT2D eigenvalue weighted by Gasteiger charge is -2.29. The van der Waals surface area contributed by atoms with Crippen molar-refractivity contribution in [3.05, 3.63) is 29.8 Å². The number of hydrogen-bond acceptors (Lipinski definition) is 1. The van der Waals surface area contributed by atoms with Gasteiger partial charge in [0, 0.05) is 5.69 Å². The van der Waals surface area contributed by atoms with Crippen LogP contribution in [0.2, 0.25) is 0 Å². The first-order valence-corrected chi connectivity index (χ1v) is 8.15. The molecule has 2 rings (SSSR count). The highest BCUT2D eigenvalue weighted by Crippen LogP contribution is 2.37. The Hall–Kier alpha value is -0.980. The van der Waals surface area contributed by atoms with Gasteiger partial charge in [-0.1, -0.05) is 51.2 Å². The number of nitrogen functional groups attached to an aromatic ring is 1. The fourth-order valence-corrected chi connectivity index (χ4v) is 3.41. The highest BCUT2D eigenvalue weighted by molar-refractivity contribution is 5.40. The average molecular weight is 259 g/mol. The summed E-state index contributed by atoms with van der Waals surface area (Å²) in [6.07, 6.45) is 12.7. The lowest BCUT2D eigenvalue weighted by molar-refractivity contribution is 0.302. The SMILES string of the molecule is CCCCCC[C@H]1CC[C@H](c2ccc(N)cc2)CC1. The van der Waals surface area contributed by atoms with Crippen LogP contribution >= 0.6 is 0 Å². The number of rotatable bonds is 6. The minimum absolute atomic E-state index is 0.785. The van der Waals surface area contributed by atoms with Crippen LogP contribution in [0, 0.1) is 5.92 Å². The molecule has 0 unspecified atom stereocenters. The molecule has 1 nitrogen and oxygen atoms in total. The van der Waals surface area contributed by atoms with Crippen molar-refractivity contribution in [2.75, 3.05) is 5.73 Å². The van der Waals surface area contributed by atoms with Gasteiger partial charge in [0.25, 0.3) is 0 Å². The third-order valence-electron chi connectivity index (χ3n) is 4.72. The fraction of sp³-hybridized carbons (Fsp3) is 0.667. The zero-order valence-electron chi connectivity index (χ0n) is 12.4. The van der Waals surface area contributed by atoms with E-state index in [1.54, 1.807) is 0 Å². The molecule has 0 radical (unpaired) electrons. The fourth-order valence-electron chi connectivity index (χ4n) is 3.41. The molecule has 1 aliphatic carbocycles. The van der Waals surface area contributed by atoms with Gasteiger partial charge in [0.2, 0.25) is 0 Å². The first-order chi connectivity index (χ1) is 9.29. The van der Waals surface area contributed by atoms with E-state index in [4.69, 9.17) is 5.73 Å². The lowest BCUT2D eigenvalue weighted by Crippen LogP contribution is -2.13. The molecule has 2 N–H and O–H groups in total. The van der Waals surface area contributed by atoms with E-state index >= 15 is 0 Å². The van der Waals surface area contributed by atoms with Crippen molar-refractivity contribution < 1.29 is 0 Å². The van der Waals surface area contributed by atoms with Gasteiger partial charge in [0.15, 0.2) is 0 Å². The normalized spacial score (nSPS) is 23.4. The van der Waals surface area contributed by atoms with Crippen LogP contribution in [-0.4, -0.2) is 0 Å². The molecule has 0 amide bonds. The van der Waals surface area contributed by atoms with Crippen molar-refractivity contribution >= 4 is 5.69 Å². The van der Waals surface area contributed by atoms with Crippen LogP contribution in [0.3, 0.4) is 0 Å². The summed E-state index contributed by atoms with van der Waals surface area (Å²) in [5, 5.41) is 0. The third kappa shape index (κ3) is 4.56. The molecule has 1 aromatic carbocycles. The average Bonchev–Trinajstić information content (AvgIpc) is 2.45. The van der Waals surface area contributed by atoms with Crippen LogP contribution in [0.4, 0.5) is 5.69 Å². The molecule has 0 atom stereocenters. The van der Waals surface area contributed by atoms with Gasteiger partial charge in [0.05, 0.1) is 0 Å². The van der Waals surface area contributed by atoms with Crippen molar-refractivity contribution in [2.45, 2.75) is 70.6 Å². The predicted molar refractivity (Wildman–Crippen MR) is 84.3 cm³/mol. The lowest BCUT2D eigenvalue weighted by atomic mass is 9.77. The van der Waals surface area contributed by atoms with Crippen molar-refractivity contribution in [1.29, 1.82) is 0 Å². The molecule has 0 aromatic heterocycles. The Labute approximate surface area is 118 Å². The molecule has 1 saturated carbocycles. The summed E-state index contributed by atoms with van der Waals surface area (Å²) in [4.78, 5) is 0. The first kappa shape index (κ1) is 14.4. The maximum absolute atomic E-state index is 5.76. The molecule has 0 saturated heterocycles. The third-order valence-corrected chi connectivity index (χ3v) is 4.72. The van der Waals surface area contributed by atoms with Crippen LogP contribution in [0.25, 0.3) is 0 Å². The molecular weight excluding hydrogens is 230 g/mol. The summed E-state index contributed by atoms with van der Waals surface area (Å²) in [6, 6.07) is 8.54. The molecule has 0 spiro atoms. The summed E-state index contributed by atoms with van der Waals surface area (Å²) < 4.78 is 0. The summed E-state index contributed by atoms with van der Waals surface area (Å²) in [5.74, 6) is 1.79. The Morgan fingerprint density at radius 1 is 0.947 bits per heavy atom. The van der Waals surface area contributed by atoms with Crippen LogP contribution in [0.1, 0.15) is 76.2 Å². The van der Waals surface area contributed by atoms with Gasteiger partial charge in [-0.05, 0) is 55.2 Å². The molecule has 1 heteroatoms. The predicted octanol–water partition coefficient (Wildman–Crippen LogP) is 5.51. The van der Waals surface area contributed by atoms with E-state index in [9.17, 15) is 0 Å². The van der Waals surface area contributed by atoms with Gasteiger partial charge in [-0.15, -0.1) is 0 Å². The number of unbranched alkanes of at least 4 members (excludes halogenated alkanes) is 3. The van der Waals surface area contributed by atoms with Gasteiger partial charge in [-0.2, -0.15) is 0 Å². The second kappa shape index (κ2) is 7.57. The van der Waals surface area contributed by atoms with Gasteiger partial charge >= 0.3 is 0 Å². The van der Waals surface area contributed by atoms with Crippen LogP contribution in [0.5, 0.6) is 0 Å². The standard InChI is InChI=1S/C18H29N/c1-2-3-4-5-6-15-7-9-16(10-8-15)17-11-13-18(19)14-12-17/h11-16H,2-10,19H2,1H3/t15-,16-. The van der Waals surface area contributed by atoms with E-state index in [-0.39, 0.29) is 0 Å².